The average Bonchev–Trinajstić information content (AvgIpc) is 3.06. The summed E-state index contributed by atoms with van der Waals surface area (Å²) in [5, 5.41) is 2.79. The number of para-hydroxylation sites is 1. The van der Waals surface area contributed by atoms with Gasteiger partial charge in [-0.3, -0.25) is 8.98 Å². The summed E-state index contributed by atoms with van der Waals surface area (Å²) in [6.07, 6.45) is 1.67. The van der Waals surface area contributed by atoms with Crippen molar-refractivity contribution >= 4 is 43.6 Å². The first-order valence-corrected chi connectivity index (χ1v) is 19.4. The lowest BCUT2D eigenvalue weighted by Gasteiger charge is -2.25. The van der Waals surface area contributed by atoms with Crippen molar-refractivity contribution in [3.8, 4) is 17.0 Å². The third-order valence-corrected chi connectivity index (χ3v) is 9.74. The summed E-state index contributed by atoms with van der Waals surface area (Å²) in [4.78, 5) is 36.2. The van der Waals surface area contributed by atoms with E-state index < -0.39 is 44.3 Å². The van der Waals surface area contributed by atoms with Gasteiger partial charge in [-0.15, -0.1) is 0 Å². The standard InChI is InChI=1S/C33H44N6O11S2/c1-33(2,3)50-32(41)38(4)22-24-7-6-8-26-29(24)48-20-19-47-18-17-46-15-13-39(14-16-49-51(5,42)43)52(44,45)25-11-9-23(10-12-25)27-21-35-30(34)28(36-27)31(40)37-26/h6-12,21H,13-20,22H2,1-5H3,(H2,34,35)(H,37,40). The van der Waals surface area contributed by atoms with Gasteiger partial charge in [0.25, 0.3) is 16.0 Å². The molecule has 0 saturated carbocycles. The number of nitrogens with zero attached hydrogens (tertiary/aromatic N) is 4. The maximum absolute atomic E-state index is 13.6. The molecule has 3 N–H and O–H groups in total. The molecule has 3 aromatic rings. The van der Waals surface area contributed by atoms with E-state index in [1.54, 1.807) is 46.0 Å². The Morgan fingerprint density at radius 2 is 1.73 bits per heavy atom. The molecule has 2 aromatic carbocycles. The molecule has 0 radical (unpaired) electrons. The van der Waals surface area contributed by atoms with Crippen molar-refractivity contribution in [3.05, 3.63) is 59.9 Å². The Balaban J connectivity index is 1.66. The fourth-order valence-corrected chi connectivity index (χ4v) is 6.59. The molecule has 0 unspecified atom stereocenters. The van der Waals surface area contributed by atoms with Crippen LogP contribution < -0.4 is 15.8 Å². The minimum atomic E-state index is -4.12. The zero-order chi connectivity index (χ0) is 38.1. The van der Waals surface area contributed by atoms with Crippen LogP contribution in [0.2, 0.25) is 0 Å². The highest BCUT2D eigenvalue weighted by atomic mass is 32.2. The Morgan fingerprint density at radius 1 is 1.06 bits per heavy atom. The van der Waals surface area contributed by atoms with E-state index in [0.717, 1.165) is 10.6 Å². The molecular formula is C33H44N6O11S2. The molecule has 2 aliphatic heterocycles. The van der Waals surface area contributed by atoms with Gasteiger partial charge in [0.05, 0.1) is 68.3 Å². The summed E-state index contributed by atoms with van der Waals surface area (Å²) in [6.45, 7) is 5.06. The molecule has 0 atom stereocenters. The Morgan fingerprint density at radius 3 is 2.40 bits per heavy atom. The molecule has 1 aromatic heterocycles. The molecule has 4 bridgehead atoms. The second-order valence-corrected chi connectivity index (χ2v) is 16.2. The largest absolute Gasteiger partial charge is 0.489 e. The van der Waals surface area contributed by atoms with Crippen LogP contribution >= 0.6 is 0 Å². The highest BCUT2D eigenvalue weighted by molar-refractivity contribution is 7.89. The maximum Gasteiger partial charge on any atom is 0.410 e. The van der Waals surface area contributed by atoms with Crippen molar-refractivity contribution < 1.29 is 49.6 Å². The average molecular weight is 765 g/mol. The van der Waals surface area contributed by atoms with Crippen molar-refractivity contribution in [3.63, 3.8) is 0 Å². The zero-order valence-electron chi connectivity index (χ0n) is 29.7. The van der Waals surface area contributed by atoms with Gasteiger partial charge in [0.1, 0.15) is 18.0 Å². The molecule has 17 nitrogen and oxygen atoms in total. The van der Waals surface area contributed by atoms with Gasteiger partial charge >= 0.3 is 6.09 Å². The first-order chi connectivity index (χ1) is 24.4. The van der Waals surface area contributed by atoms with Gasteiger partial charge in [-0.05, 0) is 39.0 Å². The second-order valence-electron chi connectivity index (χ2n) is 12.6. The number of carbonyl (C=O) groups is 2. The second kappa shape index (κ2) is 17.4. The molecular weight excluding hydrogens is 721 g/mol. The van der Waals surface area contributed by atoms with E-state index in [0.29, 0.717) is 11.1 Å². The Kier molecular flexibility index (Phi) is 13.5. The predicted octanol–water partition coefficient (Wildman–Crippen LogP) is 2.74. The van der Waals surface area contributed by atoms with Gasteiger partial charge in [-0.25, -0.2) is 23.2 Å². The summed E-state index contributed by atoms with van der Waals surface area (Å²) in [5.41, 5.74) is 6.70. The number of nitrogen functional groups attached to an aromatic ring is 1. The summed E-state index contributed by atoms with van der Waals surface area (Å²) in [7, 11) is -6.34. The van der Waals surface area contributed by atoms with Crippen LogP contribution in [0.15, 0.2) is 53.6 Å². The van der Waals surface area contributed by atoms with Gasteiger partial charge in [0, 0.05) is 31.3 Å². The number of anilines is 2. The van der Waals surface area contributed by atoms with Crippen LogP contribution in [0.5, 0.6) is 5.75 Å². The minimum Gasteiger partial charge on any atom is -0.489 e. The van der Waals surface area contributed by atoms with Gasteiger partial charge < -0.3 is 34.9 Å². The minimum absolute atomic E-state index is 0.0124. The summed E-state index contributed by atoms with van der Waals surface area (Å²) >= 11 is 0. The van der Waals surface area contributed by atoms with E-state index in [2.05, 4.69) is 15.3 Å². The lowest BCUT2D eigenvalue weighted by Crippen LogP contribution is -2.37. The molecule has 0 fully saturated rings. The fraction of sp³-hybridized carbons (Fsp3) is 0.455. The van der Waals surface area contributed by atoms with Crippen LogP contribution in [-0.4, -0.2) is 120 Å². The zero-order valence-corrected chi connectivity index (χ0v) is 31.3. The monoisotopic (exact) mass is 764 g/mol. The van der Waals surface area contributed by atoms with E-state index in [4.69, 9.17) is 28.9 Å². The Labute approximate surface area is 303 Å². The van der Waals surface area contributed by atoms with Gasteiger partial charge in [0.2, 0.25) is 10.0 Å². The topological polar surface area (TPSA) is 219 Å². The van der Waals surface area contributed by atoms with Gasteiger partial charge in [-0.1, -0.05) is 24.3 Å². The molecule has 52 heavy (non-hydrogen) atoms. The molecule has 0 spiro atoms. The number of hydrogen-bond acceptors (Lipinski definition) is 14. The molecule has 284 valence electrons. The molecule has 19 heteroatoms. The van der Waals surface area contributed by atoms with Crippen LogP contribution in [0, 0.1) is 0 Å². The van der Waals surface area contributed by atoms with E-state index in [9.17, 15) is 26.4 Å². The number of benzene rings is 2. The number of amides is 2. The van der Waals surface area contributed by atoms with Crippen molar-refractivity contribution in [2.75, 3.05) is 77.1 Å². The number of carbonyl (C=O) groups excluding carboxylic acids is 2. The summed E-state index contributed by atoms with van der Waals surface area (Å²) < 4.78 is 78.9. The first kappa shape index (κ1) is 40.4. The maximum atomic E-state index is 13.6. The first-order valence-electron chi connectivity index (χ1n) is 16.2. The van der Waals surface area contributed by atoms with Crippen LogP contribution in [0.1, 0.15) is 36.8 Å². The van der Waals surface area contributed by atoms with Gasteiger partial charge in [-0.2, -0.15) is 12.7 Å². The number of rotatable bonds is 6. The Hall–Kier alpha value is -4.40. The summed E-state index contributed by atoms with van der Waals surface area (Å²) in [6, 6.07) is 10.8. The quantitative estimate of drug-likeness (QED) is 0.273. The predicted molar refractivity (Wildman–Crippen MR) is 191 cm³/mol. The molecule has 0 aliphatic carbocycles. The highest BCUT2D eigenvalue weighted by Gasteiger charge is 2.26. The number of aromatic nitrogens is 2. The van der Waals surface area contributed by atoms with E-state index in [1.807, 2.05) is 0 Å². The van der Waals surface area contributed by atoms with Crippen LogP contribution in [-0.2, 0) is 45.1 Å². The normalized spacial score (nSPS) is 16.4. The highest BCUT2D eigenvalue weighted by Crippen LogP contribution is 2.31. The van der Waals surface area contributed by atoms with Crippen molar-refractivity contribution in [2.45, 2.75) is 37.8 Å². The van der Waals surface area contributed by atoms with Crippen molar-refractivity contribution in [1.82, 2.24) is 19.2 Å². The lowest BCUT2D eigenvalue weighted by molar-refractivity contribution is 0.0279. The fourth-order valence-electron chi connectivity index (χ4n) is 4.80. The molecule has 5 rings (SSSR count). The molecule has 0 saturated heterocycles. The SMILES string of the molecule is CN(Cc1cccc2c1OCCOCCOCCN(CCOS(C)(=O)=O)S(=O)(=O)c1ccc(cc1)-c1cnc(N)c(n1)C(=O)N2)C(=O)OC(C)(C)C. The number of fused-ring (bicyclic) bond motifs is 13. The third kappa shape index (κ3) is 11.6. The number of nitrogens with two attached hydrogens (primary N) is 1. The van der Waals surface area contributed by atoms with Crippen LogP contribution in [0.4, 0.5) is 16.3 Å². The third-order valence-electron chi connectivity index (χ3n) is 7.23. The lowest BCUT2D eigenvalue weighted by atomic mass is 10.1. The summed E-state index contributed by atoms with van der Waals surface area (Å²) in [5.74, 6) is -0.565. The van der Waals surface area contributed by atoms with Gasteiger partial charge in [0.15, 0.2) is 11.5 Å². The number of nitrogens with one attached hydrogen (secondary N) is 1. The van der Waals surface area contributed by atoms with E-state index in [1.165, 1.54) is 35.4 Å². The van der Waals surface area contributed by atoms with E-state index in [-0.39, 0.29) is 86.2 Å². The number of ether oxygens (including phenoxy) is 4. The molecule has 2 amide bonds. The van der Waals surface area contributed by atoms with Crippen molar-refractivity contribution in [1.29, 1.82) is 0 Å². The van der Waals surface area contributed by atoms with Crippen molar-refractivity contribution in [2.24, 2.45) is 0 Å². The number of sulfonamides is 1. The Bertz CT molecular complexity index is 1940. The smallest absolute Gasteiger partial charge is 0.410 e. The van der Waals surface area contributed by atoms with Crippen LogP contribution in [0.3, 0.4) is 0 Å². The number of hydrogen-bond donors (Lipinski definition) is 2. The van der Waals surface area contributed by atoms with Crippen LogP contribution in [0.25, 0.3) is 11.3 Å². The molecule has 3 heterocycles. The molecule has 2 aliphatic rings. The van der Waals surface area contributed by atoms with E-state index >= 15 is 0 Å².